The molecule has 1 heterocycles. The van der Waals surface area contributed by atoms with Crippen LogP contribution in [0.25, 0.3) is 0 Å². The molecule has 18 heavy (non-hydrogen) atoms. The van der Waals surface area contributed by atoms with Crippen molar-refractivity contribution in [2.45, 2.75) is 26.3 Å². The molecule has 1 aromatic carbocycles. The summed E-state index contributed by atoms with van der Waals surface area (Å²) in [5, 5.41) is 0.748. The SMILES string of the molecule is Cc1cnc(C(N)Cc2ccc(C)cc2Cl)nc1. The van der Waals surface area contributed by atoms with Crippen LogP contribution in [0.2, 0.25) is 5.02 Å². The molecule has 1 unspecified atom stereocenters. The van der Waals surface area contributed by atoms with Crippen LogP contribution in [-0.2, 0) is 6.42 Å². The maximum absolute atomic E-state index is 6.19. The van der Waals surface area contributed by atoms with Gasteiger partial charge in [0.25, 0.3) is 0 Å². The Bertz CT molecular complexity index is 537. The van der Waals surface area contributed by atoms with Gasteiger partial charge in [0.1, 0.15) is 5.82 Å². The number of halogens is 1. The molecule has 0 saturated heterocycles. The van der Waals surface area contributed by atoms with Crippen molar-refractivity contribution in [3.8, 4) is 0 Å². The molecule has 0 aliphatic heterocycles. The number of nitrogens with zero attached hydrogens (tertiary/aromatic N) is 2. The number of aromatic nitrogens is 2. The predicted octanol–water partition coefficient (Wildman–Crippen LogP) is 2.99. The fourth-order valence-corrected chi connectivity index (χ4v) is 2.05. The second-order valence-corrected chi connectivity index (χ2v) is 4.93. The van der Waals surface area contributed by atoms with Gasteiger partial charge in [0, 0.05) is 17.4 Å². The Labute approximate surface area is 112 Å². The summed E-state index contributed by atoms with van der Waals surface area (Å²) in [6.07, 6.45) is 4.19. The zero-order chi connectivity index (χ0) is 13.1. The van der Waals surface area contributed by atoms with Crippen LogP contribution in [0.3, 0.4) is 0 Å². The van der Waals surface area contributed by atoms with Gasteiger partial charge in [-0.05, 0) is 43.0 Å². The number of hydrogen-bond donors (Lipinski definition) is 1. The zero-order valence-electron chi connectivity index (χ0n) is 10.5. The highest BCUT2D eigenvalue weighted by atomic mass is 35.5. The Morgan fingerprint density at radius 3 is 2.44 bits per heavy atom. The Hall–Kier alpha value is -1.45. The minimum absolute atomic E-state index is 0.231. The van der Waals surface area contributed by atoms with Crippen molar-refractivity contribution in [2.75, 3.05) is 0 Å². The maximum Gasteiger partial charge on any atom is 0.145 e. The smallest absolute Gasteiger partial charge is 0.145 e. The highest BCUT2D eigenvalue weighted by Crippen LogP contribution is 2.21. The van der Waals surface area contributed by atoms with Gasteiger partial charge < -0.3 is 5.73 Å². The van der Waals surface area contributed by atoms with Crippen LogP contribution in [0.5, 0.6) is 0 Å². The molecular formula is C14H16ClN3. The topological polar surface area (TPSA) is 51.8 Å². The molecule has 4 heteroatoms. The van der Waals surface area contributed by atoms with Crippen molar-refractivity contribution >= 4 is 11.6 Å². The first-order chi connectivity index (χ1) is 8.56. The number of rotatable bonds is 3. The minimum Gasteiger partial charge on any atom is -0.321 e. The van der Waals surface area contributed by atoms with E-state index in [2.05, 4.69) is 9.97 Å². The van der Waals surface area contributed by atoms with E-state index in [9.17, 15) is 0 Å². The van der Waals surface area contributed by atoms with Gasteiger partial charge in [-0.15, -0.1) is 0 Å². The van der Waals surface area contributed by atoms with Crippen LogP contribution in [0.1, 0.15) is 28.6 Å². The number of benzene rings is 1. The van der Waals surface area contributed by atoms with E-state index in [-0.39, 0.29) is 6.04 Å². The molecular weight excluding hydrogens is 246 g/mol. The molecule has 0 bridgehead atoms. The highest BCUT2D eigenvalue weighted by molar-refractivity contribution is 6.31. The third-order valence-electron chi connectivity index (χ3n) is 2.78. The molecule has 0 spiro atoms. The lowest BCUT2D eigenvalue weighted by Crippen LogP contribution is -2.16. The van der Waals surface area contributed by atoms with Gasteiger partial charge >= 0.3 is 0 Å². The van der Waals surface area contributed by atoms with Crippen molar-refractivity contribution in [1.82, 2.24) is 9.97 Å². The van der Waals surface area contributed by atoms with E-state index in [1.54, 1.807) is 12.4 Å². The molecule has 0 aliphatic carbocycles. The molecule has 2 aromatic rings. The van der Waals surface area contributed by atoms with Crippen LogP contribution in [0.4, 0.5) is 0 Å². The largest absolute Gasteiger partial charge is 0.321 e. The quantitative estimate of drug-likeness (QED) is 0.924. The zero-order valence-corrected chi connectivity index (χ0v) is 11.3. The fourth-order valence-electron chi connectivity index (χ4n) is 1.74. The van der Waals surface area contributed by atoms with E-state index < -0.39 is 0 Å². The molecule has 2 rings (SSSR count). The van der Waals surface area contributed by atoms with Crippen LogP contribution < -0.4 is 5.73 Å². The van der Waals surface area contributed by atoms with Crippen molar-refractivity contribution in [1.29, 1.82) is 0 Å². The lowest BCUT2D eigenvalue weighted by molar-refractivity contribution is 0.665. The summed E-state index contributed by atoms with van der Waals surface area (Å²) >= 11 is 6.19. The minimum atomic E-state index is -0.231. The van der Waals surface area contributed by atoms with Crippen LogP contribution in [0.15, 0.2) is 30.6 Å². The molecule has 3 nitrogen and oxygen atoms in total. The van der Waals surface area contributed by atoms with Gasteiger partial charge in [-0.3, -0.25) is 0 Å². The summed E-state index contributed by atoms with van der Waals surface area (Å²) in [7, 11) is 0. The van der Waals surface area contributed by atoms with Gasteiger partial charge in [0.05, 0.1) is 6.04 Å². The summed E-state index contributed by atoms with van der Waals surface area (Å²) in [5.41, 5.74) is 9.30. The third kappa shape index (κ3) is 3.06. The number of nitrogens with two attached hydrogens (primary N) is 1. The van der Waals surface area contributed by atoms with E-state index >= 15 is 0 Å². The van der Waals surface area contributed by atoms with Crippen LogP contribution in [-0.4, -0.2) is 9.97 Å². The molecule has 0 fully saturated rings. The van der Waals surface area contributed by atoms with E-state index in [0.29, 0.717) is 12.2 Å². The standard InChI is InChI=1S/C14H16ClN3/c1-9-3-4-11(12(15)5-9)6-13(16)14-17-7-10(2)8-18-14/h3-5,7-8,13H,6,16H2,1-2H3. The normalized spacial score (nSPS) is 12.4. The molecule has 1 atom stereocenters. The summed E-state index contributed by atoms with van der Waals surface area (Å²) in [5.74, 6) is 0.650. The molecule has 0 radical (unpaired) electrons. The van der Waals surface area contributed by atoms with E-state index in [1.165, 1.54) is 0 Å². The average molecular weight is 262 g/mol. The van der Waals surface area contributed by atoms with Crippen LogP contribution in [0, 0.1) is 13.8 Å². The van der Waals surface area contributed by atoms with E-state index in [4.69, 9.17) is 17.3 Å². The lowest BCUT2D eigenvalue weighted by atomic mass is 10.0. The molecule has 0 saturated carbocycles. The lowest BCUT2D eigenvalue weighted by Gasteiger charge is -2.12. The Kier molecular flexibility index (Phi) is 3.94. The Balaban J connectivity index is 2.15. The summed E-state index contributed by atoms with van der Waals surface area (Å²) in [6.45, 7) is 3.96. The van der Waals surface area contributed by atoms with Gasteiger partial charge in [-0.25, -0.2) is 9.97 Å². The average Bonchev–Trinajstić information content (AvgIpc) is 2.33. The molecule has 94 valence electrons. The molecule has 0 amide bonds. The maximum atomic E-state index is 6.19. The first-order valence-corrected chi connectivity index (χ1v) is 6.23. The van der Waals surface area contributed by atoms with E-state index in [0.717, 1.165) is 21.7 Å². The van der Waals surface area contributed by atoms with Crippen molar-refractivity contribution in [3.63, 3.8) is 0 Å². The molecule has 0 aliphatic rings. The van der Waals surface area contributed by atoms with Gasteiger partial charge in [-0.1, -0.05) is 23.7 Å². The van der Waals surface area contributed by atoms with Gasteiger partial charge in [0.15, 0.2) is 0 Å². The van der Waals surface area contributed by atoms with Gasteiger partial charge in [0.2, 0.25) is 0 Å². The highest BCUT2D eigenvalue weighted by Gasteiger charge is 2.12. The fraction of sp³-hybridized carbons (Fsp3) is 0.286. The van der Waals surface area contributed by atoms with Crippen molar-refractivity contribution in [3.05, 3.63) is 58.1 Å². The Morgan fingerprint density at radius 1 is 1.17 bits per heavy atom. The van der Waals surface area contributed by atoms with E-state index in [1.807, 2.05) is 32.0 Å². The number of hydrogen-bond acceptors (Lipinski definition) is 3. The summed E-state index contributed by atoms with van der Waals surface area (Å²) in [4.78, 5) is 8.48. The first-order valence-electron chi connectivity index (χ1n) is 5.85. The van der Waals surface area contributed by atoms with Crippen LogP contribution >= 0.6 is 11.6 Å². The number of aryl methyl sites for hydroxylation is 2. The monoisotopic (exact) mass is 261 g/mol. The molecule has 2 N–H and O–H groups in total. The predicted molar refractivity (Wildman–Crippen MR) is 73.6 cm³/mol. The summed E-state index contributed by atoms with van der Waals surface area (Å²) in [6, 6.07) is 5.75. The van der Waals surface area contributed by atoms with Gasteiger partial charge in [-0.2, -0.15) is 0 Å². The van der Waals surface area contributed by atoms with Crippen molar-refractivity contribution < 1.29 is 0 Å². The van der Waals surface area contributed by atoms with Crippen molar-refractivity contribution in [2.24, 2.45) is 5.73 Å². The molecule has 1 aromatic heterocycles. The second-order valence-electron chi connectivity index (χ2n) is 4.52. The second kappa shape index (κ2) is 5.46. The third-order valence-corrected chi connectivity index (χ3v) is 3.13. The Morgan fingerprint density at radius 2 is 1.83 bits per heavy atom. The summed E-state index contributed by atoms with van der Waals surface area (Å²) < 4.78 is 0. The first kappa shape index (κ1) is 13.0.